The number of hydrogen-bond donors (Lipinski definition) is 3. The maximum atomic E-state index is 12.2. The first-order chi connectivity index (χ1) is 13.0. The Morgan fingerprint density at radius 1 is 1.22 bits per heavy atom. The number of carbonyl (C=O) groups excluding carboxylic acids is 1. The van der Waals surface area contributed by atoms with Gasteiger partial charge in [-0.05, 0) is 38.2 Å². The van der Waals surface area contributed by atoms with Crippen LogP contribution >= 0.6 is 0 Å². The molecule has 1 heterocycles. The molecule has 0 spiro atoms. The number of nitrogens with zero attached hydrogens (tertiary/aromatic N) is 2. The lowest BCUT2D eigenvalue weighted by Crippen LogP contribution is -2.44. The Labute approximate surface area is 157 Å². The van der Waals surface area contributed by atoms with Gasteiger partial charge in [-0.3, -0.25) is 4.79 Å². The van der Waals surface area contributed by atoms with E-state index in [1.54, 1.807) is 6.92 Å². The third kappa shape index (κ3) is 5.29. The van der Waals surface area contributed by atoms with Crippen LogP contribution in [-0.4, -0.2) is 33.3 Å². The fourth-order valence-corrected chi connectivity index (χ4v) is 3.26. The third-order valence-corrected chi connectivity index (χ3v) is 4.82. The lowest BCUT2D eigenvalue weighted by Gasteiger charge is -2.27. The van der Waals surface area contributed by atoms with Gasteiger partial charge in [0.2, 0.25) is 5.89 Å². The molecule has 1 aromatic heterocycles. The number of aromatic nitrogens is 2. The Balaban J connectivity index is 1.47. The summed E-state index contributed by atoms with van der Waals surface area (Å²) in [6.45, 7) is 1.78. The van der Waals surface area contributed by atoms with E-state index in [-0.39, 0.29) is 18.0 Å². The van der Waals surface area contributed by atoms with Gasteiger partial charge in [-0.2, -0.15) is 4.98 Å². The summed E-state index contributed by atoms with van der Waals surface area (Å²) in [7, 11) is 0. The zero-order chi connectivity index (χ0) is 19.2. The van der Waals surface area contributed by atoms with E-state index in [9.17, 15) is 9.59 Å². The van der Waals surface area contributed by atoms with Crippen molar-refractivity contribution < 1.29 is 19.2 Å². The molecule has 1 aromatic carbocycles. The highest BCUT2D eigenvalue weighted by Crippen LogP contribution is 2.24. The molecule has 0 radical (unpaired) electrons. The Kier molecular flexibility index (Phi) is 6.05. The van der Waals surface area contributed by atoms with Crippen molar-refractivity contribution in [1.82, 2.24) is 20.8 Å². The van der Waals surface area contributed by atoms with Crippen LogP contribution < -0.4 is 10.6 Å². The fourth-order valence-electron chi connectivity index (χ4n) is 3.26. The second kappa shape index (κ2) is 8.66. The molecule has 144 valence electrons. The Hall–Kier alpha value is -2.90. The molecular weight excluding hydrogens is 348 g/mol. The van der Waals surface area contributed by atoms with Gasteiger partial charge in [0.25, 0.3) is 0 Å². The predicted octanol–water partition coefficient (Wildman–Crippen LogP) is 2.66. The van der Waals surface area contributed by atoms with E-state index >= 15 is 0 Å². The summed E-state index contributed by atoms with van der Waals surface area (Å²) < 4.78 is 5.26. The molecule has 0 bridgehead atoms. The smallest absolute Gasteiger partial charge is 0.315 e. The zero-order valence-electron chi connectivity index (χ0n) is 15.2. The topological polar surface area (TPSA) is 117 Å². The van der Waals surface area contributed by atoms with Crippen LogP contribution in [0.25, 0.3) is 0 Å². The van der Waals surface area contributed by atoms with E-state index in [1.807, 2.05) is 30.3 Å². The van der Waals surface area contributed by atoms with Gasteiger partial charge in [0.1, 0.15) is 6.04 Å². The minimum absolute atomic E-state index is 0.0101. The summed E-state index contributed by atoms with van der Waals surface area (Å²) in [6, 6.07) is 9.09. The number of urea groups is 1. The fraction of sp³-hybridized carbons (Fsp3) is 0.474. The molecule has 2 aromatic rings. The number of nitrogens with one attached hydrogen (secondary N) is 2. The number of amides is 2. The summed E-state index contributed by atoms with van der Waals surface area (Å²) in [5.74, 6) is -0.136. The van der Waals surface area contributed by atoms with Crippen LogP contribution in [-0.2, 0) is 11.2 Å². The van der Waals surface area contributed by atoms with E-state index in [0.717, 1.165) is 5.56 Å². The lowest BCUT2D eigenvalue weighted by atomic mass is 9.86. The van der Waals surface area contributed by atoms with Crippen molar-refractivity contribution in [2.75, 3.05) is 0 Å². The van der Waals surface area contributed by atoms with Gasteiger partial charge in [0.15, 0.2) is 5.82 Å². The van der Waals surface area contributed by atoms with Gasteiger partial charge in [-0.25, -0.2) is 4.79 Å². The first-order valence-corrected chi connectivity index (χ1v) is 9.17. The first kappa shape index (κ1) is 18.9. The Bertz CT molecular complexity index is 769. The molecular formula is C19H24N4O4. The standard InChI is InChI=1S/C19H24N4O4/c1-12(17-22-16(23-27-17)11-13-5-3-2-4-6-13)20-19(26)21-15-9-7-14(8-10-15)18(24)25/h2-6,12,14-15H,7-11H2,1H3,(H,24,25)(H2,20,21,26). The highest BCUT2D eigenvalue weighted by Gasteiger charge is 2.27. The molecule has 3 N–H and O–H groups in total. The SMILES string of the molecule is CC(NC(=O)NC1CCC(C(=O)O)CC1)c1nc(Cc2ccccc2)no1. The molecule has 1 aliphatic carbocycles. The number of hydrogen-bond acceptors (Lipinski definition) is 5. The number of rotatable bonds is 6. The van der Waals surface area contributed by atoms with E-state index < -0.39 is 12.0 Å². The van der Waals surface area contributed by atoms with Crippen LogP contribution in [0.4, 0.5) is 4.79 Å². The number of aliphatic carboxylic acids is 1. The quantitative estimate of drug-likeness (QED) is 0.717. The van der Waals surface area contributed by atoms with Gasteiger partial charge >= 0.3 is 12.0 Å². The van der Waals surface area contributed by atoms with Crippen LogP contribution in [0.15, 0.2) is 34.9 Å². The van der Waals surface area contributed by atoms with Crippen LogP contribution in [0, 0.1) is 5.92 Å². The van der Waals surface area contributed by atoms with E-state index in [1.165, 1.54) is 0 Å². The Morgan fingerprint density at radius 3 is 2.59 bits per heavy atom. The van der Waals surface area contributed by atoms with Gasteiger partial charge in [0.05, 0.1) is 5.92 Å². The van der Waals surface area contributed by atoms with Crippen molar-refractivity contribution in [3.05, 3.63) is 47.6 Å². The lowest BCUT2D eigenvalue weighted by molar-refractivity contribution is -0.142. The first-order valence-electron chi connectivity index (χ1n) is 9.17. The van der Waals surface area contributed by atoms with Gasteiger partial charge in [0, 0.05) is 12.5 Å². The monoisotopic (exact) mass is 372 g/mol. The number of carboxylic acid groups (broad SMARTS) is 1. The molecule has 1 saturated carbocycles. The normalized spacial score (nSPS) is 20.6. The summed E-state index contributed by atoms with van der Waals surface area (Å²) in [5.41, 5.74) is 1.08. The second-order valence-electron chi connectivity index (χ2n) is 6.94. The van der Waals surface area contributed by atoms with Crippen molar-refractivity contribution in [1.29, 1.82) is 0 Å². The molecule has 3 rings (SSSR count). The molecule has 1 aliphatic rings. The van der Waals surface area contributed by atoms with Gasteiger partial charge in [-0.1, -0.05) is 35.5 Å². The average molecular weight is 372 g/mol. The summed E-state index contributed by atoms with van der Waals surface area (Å²) in [4.78, 5) is 27.5. The average Bonchev–Trinajstić information content (AvgIpc) is 3.11. The molecule has 27 heavy (non-hydrogen) atoms. The van der Waals surface area contributed by atoms with Crippen molar-refractivity contribution in [2.45, 2.75) is 51.1 Å². The summed E-state index contributed by atoms with van der Waals surface area (Å²) in [5, 5.41) is 18.7. The van der Waals surface area contributed by atoms with Gasteiger partial charge < -0.3 is 20.3 Å². The van der Waals surface area contributed by atoms with E-state index in [0.29, 0.717) is 43.8 Å². The van der Waals surface area contributed by atoms with Crippen molar-refractivity contribution in [3.8, 4) is 0 Å². The van der Waals surface area contributed by atoms with Crippen molar-refractivity contribution in [2.24, 2.45) is 5.92 Å². The molecule has 1 fully saturated rings. The predicted molar refractivity (Wildman–Crippen MR) is 97.0 cm³/mol. The van der Waals surface area contributed by atoms with Crippen LogP contribution in [0.2, 0.25) is 0 Å². The summed E-state index contributed by atoms with van der Waals surface area (Å²) in [6.07, 6.45) is 3.07. The molecule has 8 heteroatoms. The molecule has 1 atom stereocenters. The maximum Gasteiger partial charge on any atom is 0.315 e. The molecule has 8 nitrogen and oxygen atoms in total. The number of benzene rings is 1. The maximum absolute atomic E-state index is 12.2. The molecule has 2 amide bonds. The van der Waals surface area contributed by atoms with Crippen LogP contribution in [0.5, 0.6) is 0 Å². The molecule has 0 aliphatic heterocycles. The highest BCUT2D eigenvalue weighted by molar-refractivity contribution is 5.74. The summed E-state index contributed by atoms with van der Waals surface area (Å²) >= 11 is 0. The Morgan fingerprint density at radius 2 is 1.93 bits per heavy atom. The molecule has 1 unspecified atom stereocenters. The minimum atomic E-state index is -0.755. The largest absolute Gasteiger partial charge is 0.481 e. The minimum Gasteiger partial charge on any atom is -0.481 e. The van der Waals surface area contributed by atoms with E-state index in [2.05, 4.69) is 20.8 Å². The zero-order valence-corrected chi connectivity index (χ0v) is 15.2. The third-order valence-electron chi connectivity index (χ3n) is 4.82. The van der Waals surface area contributed by atoms with Crippen molar-refractivity contribution in [3.63, 3.8) is 0 Å². The van der Waals surface area contributed by atoms with Crippen LogP contribution in [0.1, 0.15) is 55.9 Å². The number of carboxylic acids is 1. The van der Waals surface area contributed by atoms with Crippen LogP contribution in [0.3, 0.4) is 0 Å². The highest BCUT2D eigenvalue weighted by atomic mass is 16.5. The molecule has 0 saturated heterocycles. The number of carbonyl (C=O) groups is 2. The second-order valence-corrected chi connectivity index (χ2v) is 6.94. The van der Waals surface area contributed by atoms with Crippen molar-refractivity contribution >= 4 is 12.0 Å². The van der Waals surface area contributed by atoms with E-state index in [4.69, 9.17) is 9.63 Å². The van der Waals surface area contributed by atoms with Gasteiger partial charge in [-0.15, -0.1) is 0 Å².